The first-order chi connectivity index (χ1) is 7.64. The molecule has 2 rings (SSSR count). The largest absolute Gasteiger partial charge is 0.315 e. The van der Waals surface area contributed by atoms with Crippen molar-refractivity contribution in [3.63, 3.8) is 0 Å². The summed E-state index contributed by atoms with van der Waals surface area (Å²) >= 11 is 0. The topological polar surface area (TPSA) is 12.0 Å². The second-order valence-corrected chi connectivity index (χ2v) is 5.63. The van der Waals surface area contributed by atoms with E-state index in [4.69, 9.17) is 0 Å². The molecule has 0 saturated carbocycles. The quantitative estimate of drug-likeness (QED) is 0.816. The molecule has 0 radical (unpaired) electrons. The molecule has 1 aromatic rings. The normalized spacial score (nSPS) is 18.5. The van der Waals surface area contributed by atoms with Crippen LogP contribution in [0.5, 0.6) is 0 Å². The highest BCUT2D eigenvalue weighted by molar-refractivity contribution is 5.36. The van der Waals surface area contributed by atoms with E-state index in [0.29, 0.717) is 5.41 Å². The molecule has 0 atom stereocenters. The summed E-state index contributed by atoms with van der Waals surface area (Å²) in [6.07, 6.45) is 2.65. The average molecular weight is 217 g/mol. The minimum Gasteiger partial charge on any atom is -0.315 e. The van der Waals surface area contributed by atoms with Crippen LogP contribution in [0.2, 0.25) is 0 Å². The SMILES string of the molecule is Cc1ccccc1C1(CCC(C)C)CNC1. The van der Waals surface area contributed by atoms with E-state index in [1.54, 1.807) is 5.56 Å². The predicted molar refractivity (Wildman–Crippen MR) is 69.8 cm³/mol. The van der Waals surface area contributed by atoms with Crippen LogP contribution in [-0.4, -0.2) is 13.1 Å². The molecule has 0 amide bonds. The van der Waals surface area contributed by atoms with Gasteiger partial charge in [0.1, 0.15) is 0 Å². The lowest BCUT2D eigenvalue weighted by Gasteiger charge is -2.44. The van der Waals surface area contributed by atoms with Crippen LogP contribution in [0.25, 0.3) is 0 Å². The number of benzene rings is 1. The Bertz CT molecular complexity index is 350. The molecular formula is C15H23N. The standard InChI is InChI=1S/C15H23N/c1-12(2)8-9-15(10-16-11-15)14-7-5-4-6-13(14)3/h4-7,12,16H,8-11H2,1-3H3. The minimum atomic E-state index is 0.426. The Balaban J connectivity index is 2.18. The van der Waals surface area contributed by atoms with Gasteiger partial charge in [-0.3, -0.25) is 0 Å². The van der Waals surface area contributed by atoms with Gasteiger partial charge in [0.15, 0.2) is 0 Å². The van der Waals surface area contributed by atoms with Gasteiger partial charge in [-0.25, -0.2) is 0 Å². The zero-order valence-electron chi connectivity index (χ0n) is 10.7. The molecule has 1 aliphatic rings. The van der Waals surface area contributed by atoms with Crippen LogP contribution in [0.3, 0.4) is 0 Å². The molecule has 1 aliphatic heterocycles. The molecule has 1 heterocycles. The van der Waals surface area contributed by atoms with Gasteiger partial charge in [-0.1, -0.05) is 44.5 Å². The lowest BCUT2D eigenvalue weighted by molar-refractivity contribution is 0.240. The molecule has 1 N–H and O–H groups in total. The van der Waals surface area contributed by atoms with Crippen molar-refractivity contribution >= 4 is 0 Å². The van der Waals surface area contributed by atoms with Crippen LogP contribution >= 0.6 is 0 Å². The van der Waals surface area contributed by atoms with E-state index in [1.807, 2.05) is 0 Å². The molecule has 0 unspecified atom stereocenters. The van der Waals surface area contributed by atoms with Crippen molar-refractivity contribution in [2.75, 3.05) is 13.1 Å². The van der Waals surface area contributed by atoms with E-state index >= 15 is 0 Å². The fourth-order valence-electron chi connectivity index (χ4n) is 2.66. The first-order valence-corrected chi connectivity index (χ1v) is 6.41. The highest BCUT2D eigenvalue weighted by Gasteiger charge is 2.38. The summed E-state index contributed by atoms with van der Waals surface area (Å²) in [7, 11) is 0. The maximum absolute atomic E-state index is 3.45. The Labute approximate surface area is 99.3 Å². The number of nitrogens with one attached hydrogen (secondary N) is 1. The lowest BCUT2D eigenvalue weighted by atomic mass is 9.69. The van der Waals surface area contributed by atoms with Crippen LogP contribution in [-0.2, 0) is 5.41 Å². The Morgan fingerprint density at radius 2 is 1.94 bits per heavy atom. The summed E-state index contributed by atoms with van der Waals surface area (Å²) in [6.45, 7) is 9.19. The molecule has 0 bridgehead atoms. The highest BCUT2D eigenvalue weighted by atomic mass is 15.0. The molecule has 1 saturated heterocycles. The molecule has 0 aliphatic carbocycles. The second kappa shape index (κ2) is 4.58. The maximum atomic E-state index is 3.45. The van der Waals surface area contributed by atoms with E-state index < -0.39 is 0 Å². The molecular weight excluding hydrogens is 194 g/mol. The van der Waals surface area contributed by atoms with Gasteiger partial charge in [0.05, 0.1) is 0 Å². The second-order valence-electron chi connectivity index (χ2n) is 5.63. The average Bonchev–Trinajstić information content (AvgIpc) is 2.18. The predicted octanol–water partition coefficient (Wildman–Crippen LogP) is 3.27. The van der Waals surface area contributed by atoms with Gasteiger partial charge in [-0.15, -0.1) is 0 Å². The number of hydrogen-bond donors (Lipinski definition) is 1. The summed E-state index contributed by atoms with van der Waals surface area (Å²) in [5.41, 5.74) is 3.44. The zero-order valence-corrected chi connectivity index (χ0v) is 10.7. The molecule has 0 spiro atoms. The van der Waals surface area contributed by atoms with Crippen molar-refractivity contribution in [1.82, 2.24) is 5.32 Å². The third kappa shape index (κ3) is 2.15. The highest BCUT2D eigenvalue weighted by Crippen LogP contribution is 2.36. The van der Waals surface area contributed by atoms with Gasteiger partial charge in [0, 0.05) is 18.5 Å². The first-order valence-electron chi connectivity index (χ1n) is 6.41. The van der Waals surface area contributed by atoms with Gasteiger partial charge < -0.3 is 5.32 Å². The Hall–Kier alpha value is -0.820. The van der Waals surface area contributed by atoms with E-state index in [1.165, 1.54) is 18.4 Å². The van der Waals surface area contributed by atoms with Crippen molar-refractivity contribution in [2.24, 2.45) is 5.92 Å². The summed E-state index contributed by atoms with van der Waals surface area (Å²) in [5, 5.41) is 3.45. The van der Waals surface area contributed by atoms with Crippen LogP contribution < -0.4 is 5.32 Å². The summed E-state index contributed by atoms with van der Waals surface area (Å²) in [4.78, 5) is 0. The van der Waals surface area contributed by atoms with E-state index in [-0.39, 0.29) is 0 Å². The number of rotatable bonds is 4. The van der Waals surface area contributed by atoms with Crippen LogP contribution in [0, 0.1) is 12.8 Å². The van der Waals surface area contributed by atoms with Crippen LogP contribution in [0.4, 0.5) is 0 Å². The van der Waals surface area contributed by atoms with Gasteiger partial charge >= 0.3 is 0 Å². The molecule has 1 fully saturated rings. The Kier molecular flexibility index (Phi) is 3.34. The molecule has 88 valence electrons. The van der Waals surface area contributed by atoms with Crippen molar-refractivity contribution in [1.29, 1.82) is 0 Å². The van der Waals surface area contributed by atoms with E-state index in [0.717, 1.165) is 19.0 Å². The van der Waals surface area contributed by atoms with Gasteiger partial charge in [-0.2, -0.15) is 0 Å². The van der Waals surface area contributed by atoms with Crippen molar-refractivity contribution in [2.45, 2.75) is 39.0 Å². The van der Waals surface area contributed by atoms with Crippen molar-refractivity contribution < 1.29 is 0 Å². The van der Waals surface area contributed by atoms with E-state index in [9.17, 15) is 0 Å². The molecule has 1 heteroatoms. The smallest absolute Gasteiger partial charge is 0.0205 e. The molecule has 1 aromatic carbocycles. The van der Waals surface area contributed by atoms with E-state index in [2.05, 4.69) is 50.4 Å². The van der Waals surface area contributed by atoms with Crippen molar-refractivity contribution in [3.8, 4) is 0 Å². The fraction of sp³-hybridized carbons (Fsp3) is 0.600. The lowest BCUT2D eigenvalue weighted by Crippen LogP contribution is -2.57. The molecule has 1 nitrogen and oxygen atoms in total. The van der Waals surface area contributed by atoms with Crippen molar-refractivity contribution in [3.05, 3.63) is 35.4 Å². The molecule has 0 aromatic heterocycles. The first kappa shape index (κ1) is 11.7. The maximum Gasteiger partial charge on any atom is 0.0205 e. The number of hydrogen-bond acceptors (Lipinski definition) is 1. The van der Waals surface area contributed by atoms with Crippen LogP contribution in [0.15, 0.2) is 24.3 Å². The minimum absolute atomic E-state index is 0.426. The van der Waals surface area contributed by atoms with Gasteiger partial charge in [0.25, 0.3) is 0 Å². The van der Waals surface area contributed by atoms with Gasteiger partial charge in [0.2, 0.25) is 0 Å². The number of aryl methyl sites for hydroxylation is 1. The Morgan fingerprint density at radius 1 is 1.25 bits per heavy atom. The summed E-state index contributed by atoms with van der Waals surface area (Å²) in [6, 6.07) is 8.88. The third-order valence-electron chi connectivity index (χ3n) is 3.84. The monoisotopic (exact) mass is 217 g/mol. The molecule has 16 heavy (non-hydrogen) atoms. The fourth-order valence-corrected chi connectivity index (χ4v) is 2.66. The summed E-state index contributed by atoms with van der Waals surface area (Å²) < 4.78 is 0. The van der Waals surface area contributed by atoms with Gasteiger partial charge in [-0.05, 0) is 30.4 Å². The zero-order chi connectivity index (χ0) is 11.6. The summed E-state index contributed by atoms with van der Waals surface area (Å²) in [5.74, 6) is 0.807. The Morgan fingerprint density at radius 3 is 2.44 bits per heavy atom. The van der Waals surface area contributed by atoms with Crippen LogP contribution in [0.1, 0.15) is 37.8 Å². The third-order valence-corrected chi connectivity index (χ3v) is 3.84.